The van der Waals surface area contributed by atoms with Gasteiger partial charge < -0.3 is 13.9 Å². The summed E-state index contributed by atoms with van der Waals surface area (Å²) in [6.07, 6.45) is 2.00. The minimum absolute atomic E-state index is 0.303. The molecule has 6 nitrogen and oxygen atoms in total. The first-order valence-corrected chi connectivity index (χ1v) is 8.93. The van der Waals surface area contributed by atoms with E-state index < -0.39 is 5.63 Å². The molecule has 1 aromatic heterocycles. The molecule has 3 aromatic rings. The number of ether oxygens (including phenoxy) is 2. The van der Waals surface area contributed by atoms with E-state index in [4.69, 9.17) is 13.9 Å². The first-order chi connectivity index (χ1) is 13.0. The van der Waals surface area contributed by atoms with Gasteiger partial charge in [-0.25, -0.2) is 4.79 Å². The number of hydrogen-bond acceptors (Lipinski definition) is 6. The second-order valence-corrected chi connectivity index (χ2v) is 6.20. The molecular formula is C21H20O6. The van der Waals surface area contributed by atoms with E-state index in [1.54, 1.807) is 24.3 Å². The van der Waals surface area contributed by atoms with Gasteiger partial charge in [-0.15, -0.1) is 0 Å². The van der Waals surface area contributed by atoms with Crippen molar-refractivity contribution in [3.8, 4) is 11.5 Å². The smallest absolute Gasteiger partial charge is 0.344 e. The number of esters is 2. The lowest BCUT2D eigenvalue weighted by atomic mass is 10.1. The average Bonchev–Trinajstić information content (AvgIpc) is 2.62. The predicted molar refractivity (Wildman–Crippen MR) is 101 cm³/mol. The third-order valence-corrected chi connectivity index (χ3v) is 4.03. The number of carbonyl (C=O) groups is 2. The maximum absolute atomic E-state index is 12.4. The standard InChI is InChI=1S/C21H20O6/c1-3-5-19(22)25-13-7-9-15-16-10-8-14(26-20(23)6-4-2)12-18(16)27-21(24)17(15)11-13/h7-12H,3-6H2,1-2H3. The Morgan fingerprint density at radius 2 is 1.37 bits per heavy atom. The first kappa shape index (κ1) is 18.6. The third kappa shape index (κ3) is 4.16. The molecule has 1 heterocycles. The van der Waals surface area contributed by atoms with E-state index in [9.17, 15) is 14.4 Å². The molecule has 2 aromatic carbocycles. The molecule has 0 aliphatic carbocycles. The van der Waals surface area contributed by atoms with Crippen LogP contribution in [-0.4, -0.2) is 11.9 Å². The molecular weight excluding hydrogens is 348 g/mol. The van der Waals surface area contributed by atoms with Gasteiger partial charge in [0, 0.05) is 29.7 Å². The molecule has 6 heteroatoms. The summed E-state index contributed by atoms with van der Waals surface area (Å²) in [5.41, 5.74) is -0.229. The lowest BCUT2D eigenvalue weighted by Gasteiger charge is -2.08. The molecule has 0 aliphatic rings. The van der Waals surface area contributed by atoms with Crippen molar-refractivity contribution >= 4 is 33.7 Å². The quantitative estimate of drug-likeness (QED) is 0.278. The minimum atomic E-state index is -0.553. The molecule has 0 saturated heterocycles. The number of hydrogen-bond donors (Lipinski definition) is 0. The molecule has 0 spiro atoms. The van der Waals surface area contributed by atoms with Crippen molar-refractivity contribution in [1.29, 1.82) is 0 Å². The van der Waals surface area contributed by atoms with Crippen molar-refractivity contribution in [1.82, 2.24) is 0 Å². The summed E-state index contributed by atoms with van der Waals surface area (Å²) < 4.78 is 15.9. The fourth-order valence-electron chi connectivity index (χ4n) is 2.79. The van der Waals surface area contributed by atoms with Gasteiger partial charge in [-0.05, 0) is 43.2 Å². The SMILES string of the molecule is CCCC(=O)Oc1ccc2c(c1)oc(=O)c1cc(OC(=O)CCC)ccc12. The van der Waals surface area contributed by atoms with Crippen LogP contribution in [0.25, 0.3) is 21.7 Å². The first-order valence-electron chi connectivity index (χ1n) is 8.93. The molecule has 27 heavy (non-hydrogen) atoms. The van der Waals surface area contributed by atoms with Crippen molar-refractivity contribution in [2.75, 3.05) is 0 Å². The van der Waals surface area contributed by atoms with E-state index in [1.165, 1.54) is 12.1 Å². The average molecular weight is 368 g/mol. The van der Waals surface area contributed by atoms with Crippen LogP contribution in [0.15, 0.2) is 45.6 Å². The molecule has 0 unspecified atom stereocenters. The van der Waals surface area contributed by atoms with Crippen LogP contribution in [-0.2, 0) is 9.59 Å². The summed E-state index contributed by atoms with van der Waals surface area (Å²) in [4.78, 5) is 35.7. The molecule has 0 atom stereocenters. The van der Waals surface area contributed by atoms with Crippen molar-refractivity contribution in [2.45, 2.75) is 39.5 Å². The van der Waals surface area contributed by atoms with Gasteiger partial charge in [0.25, 0.3) is 0 Å². The van der Waals surface area contributed by atoms with Crippen molar-refractivity contribution in [3.05, 3.63) is 46.8 Å². The normalized spacial score (nSPS) is 10.9. The summed E-state index contributed by atoms with van der Waals surface area (Å²) >= 11 is 0. The van der Waals surface area contributed by atoms with Gasteiger partial charge in [0.1, 0.15) is 17.1 Å². The van der Waals surface area contributed by atoms with Gasteiger partial charge >= 0.3 is 17.6 Å². The van der Waals surface area contributed by atoms with Gasteiger partial charge in [0.2, 0.25) is 0 Å². The van der Waals surface area contributed by atoms with E-state index in [1.807, 2.05) is 13.8 Å². The predicted octanol–water partition coefficient (Wildman–Crippen LogP) is 4.36. The Balaban J connectivity index is 2.00. The van der Waals surface area contributed by atoms with Crippen LogP contribution in [0.1, 0.15) is 39.5 Å². The van der Waals surface area contributed by atoms with Crippen molar-refractivity contribution < 1.29 is 23.5 Å². The second-order valence-electron chi connectivity index (χ2n) is 6.20. The zero-order chi connectivity index (χ0) is 19.4. The molecule has 0 radical (unpaired) electrons. The molecule has 0 N–H and O–H groups in total. The van der Waals surface area contributed by atoms with Crippen LogP contribution in [0.3, 0.4) is 0 Å². The largest absolute Gasteiger partial charge is 0.427 e. The van der Waals surface area contributed by atoms with Gasteiger partial charge in [-0.1, -0.05) is 13.8 Å². The lowest BCUT2D eigenvalue weighted by molar-refractivity contribution is -0.135. The fraction of sp³-hybridized carbons (Fsp3) is 0.286. The van der Waals surface area contributed by atoms with Crippen LogP contribution >= 0.6 is 0 Å². The molecule has 0 saturated carbocycles. The Morgan fingerprint density at radius 1 is 0.815 bits per heavy atom. The molecule has 0 aliphatic heterocycles. The Kier molecular flexibility index (Phi) is 5.54. The highest BCUT2D eigenvalue weighted by Crippen LogP contribution is 2.29. The maximum Gasteiger partial charge on any atom is 0.344 e. The Bertz CT molecular complexity index is 1060. The summed E-state index contributed by atoms with van der Waals surface area (Å²) in [6, 6.07) is 9.78. The molecule has 140 valence electrons. The fourth-order valence-corrected chi connectivity index (χ4v) is 2.79. The number of fused-ring (bicyclic) bond motifs is 3. The Morgan fingerprint density at radius 3 is 1.96 bits per heavy atom. The zero-order valence-electron chi connectivity index (χ0n) is 15.2. The Hall–Kier alpha value is -3.15. The number of carbonyl (C=O) groups excluding carboxylic acids is 2. The Labute approximate surface area is 155 Å². The van der Waals surface area contributed by atoms with Crippen molar-refractivity contribution in [3.63, 3.8) is 0 Å². The van der Waals surface area contributed by atoms with E-state index >= 15 is 0 Å². The molecule has 3 rings (SSSR count). The summed E-state index contributed by atoms with van der Waals surface area (Å²) in [5.74, 6) is -0.0506. The highest BCUT2D eigenvalue weighted by molar-refractivity contribution is 6.05. The van der Waals surface area contributed by atoms with Crippen LogP contribution < -0.4 is 15.1 Å². The summed E-state index contributed by atoms with van der Waals surface area (Å²) in [6.45, 7) is 3.77. The van der Waals surface area contributed by atoms with Crippen LogP contribution in [0, 0.1) is 0 Å². The number of rotatable bonds is 6. The third-order valence-electron chi connectivity index (χ3n) is 4.03. The number of benzene rings is 2. The molecule has 0 amide bonds. The van der Waals surface area contributed by atoms with Gasteiger partial charge in [0.15, 0.2) is 0 Å². The zero-order valence-corrected chi connectivity index (χ0v) is 15.2. The monoisotopic (exact) mass is 368 g/mol. The maximum atomic E-state index is 12.4. The summed E-state index contributed by atoms with van der Waals surface area (Å²) in [7, 11) is 0. The van der Waals surface area contributed by atoms with Gasteiger partial charge in [0.05, 0.1) is 5.39 Å². The second kappa shape index (κ2) is 8.03. The van der Waals surface area contributed by atoms with E-state index in [0.717, 1.165) is 0 Å². The van der Waals surface area contributed by atoms with E-state index in [2.05, 4.69) is 0 Å². The van der Waals surface area contributed by atoms with Crippen LogP contribution in [0.5, 0.6) is 11.5 Å². The van der Waals surface area contributed by atoms with E-state index in [-0.39, 0.29) is 11.9 Å². The van der Waals surface area contributed by atoms with Gasteiger partial charge in [-0.2, -0.15) is 0 Å². The lowest BCUT2D eigenvalue weighted by Crippen LogP contribution is -2.08. The van der Waals surface area contributed by atoms with Crippen molar-refractivity contribution in [2.24, 2.45) is 0 Å². The van der Waals surface area contributed by atoms with Crippen LogP contribution in [0.4, 0.5) is 0 Å². The van der Waals surface area contributed by atoms with Gasteiger partial charge in [-0.3, -0.25) is 9.59 Å². The molecule has 0 fully saturated rings. The van der Waals surface area contributed by atoms with Crippen LogP contribution in [0.2, 0.25) is 0 Å². The minimum Gasteiger partial charge on any atom is -0.427 e. The highest BCUT2D eigenvalue weighted by Gasteiger charge is 2.12. The highest BCUT2D eigenvalue weighted by atomic mass is 16.5. The molecule has 0 bridgehead atoms. The topological polar surface area (TPSA) is 82.8 Å². The summed E-state index contributed by atoms with van der Waals surface area (Å²) in [5, 5.41) is 1.69. The van der Waals surface area contributed by atoms with E-state index in [0.29, 0.717) is 58.9 Å².